The second kappa shape index (κ2) is 3.29. The molecule has 1 heterocycles. The Hall–Kier alpha value is -0.570. The fraction of sp³-hybridized carbons (Fsp3) is 0.400. The molecule has 70 valence electrons. The SMILES string of the molecule is CC1COc2cc(F)c(Br)cc2C1. The van der Waals surface area contributed by atoms with E-state index in [1.165, 1.54) is 6.07 Å². The Balaban J connectivity index is 2.43. The Morgan fingerprint density at radius 1 is 1.54 bits per heavy atom. The van der Waals surface area contributed by atoms with E-state index in [1.54, 1.807) is 6.07 Å². The van der Waals surface area contributed by atoms with Gasteiger partial charge < -0.3 is 4.74 Å². The molecule has 0 spiro atoms. The molecular formula is C10H10BrFO. The molecule has 1 aromatic carbocycles. The second-order valence-electron chi connectivity index (χ2n) is 3.49. The van der Waals surface area contributed by atoms with Crippen LogP contribution in [0.3, 0.4) is 0 Å². The predicted octanol–water partition coefficient (Wildman–Crippen LogP) is 3.16. The van der Waals surface area contributed by atoms with Gasteiger partial charge in [0, 0.05) is 6.07 Å². The summed E-state index contributed by atoms with van der Waals surface area (Å²) in [6, 6.07) is 3.26. The first-order valence-electron chi connectivity index (χ1n) is 4.27. The van der Waals surface area contributed by atoms with Crippen LogP contribution >= 0.6 is 15.9 Å². The zero-order valence-electron chi connectivity index (χ0n) is 7.31. The van der Waals surface area contributed by atoms with Gasteiger partial charge in [-0.05, 0) is 39.9 Å². The maximum absolute atomic E-state index is 13.1. The first-order valence-corrected chi connectivity index (χ1v) is 5.07. The van der Waals surface area contributed by atoms with Crippen molar-refractivity contribution in [3.8, 4) is 5.75 Å². The molecule has 0 aromatic heterocycles. The zero-order chi connectivity index (χ0) is 9.42. The maximum atomic E-state index is 13.1. The van der Waals surface area contributed by atoms with Crippen molar-refractivity contribution >= 4 is 15.9 Å². The molecule has 1 aliphatic rings. The van der Waals surface area contributed by atoms with Gasteiger partial charge in [-0.3, -0.25) is 0 Å². The highest BCUT2D eigenvalue weighted by Gasteiger charge is 2.17. The molecule has 0 bridgehead atoms. The molecule has 0 radical (unpaired) electrons. The predicted molar refractivity (Wildman–Crippen MR) is 52.5 cm³/mol. The van der Waals surface area contributed by atoms with E-state index < -0.39 is 0 Å². The summed E-state index contributed by atoms with van der Waals surface area (Å²) in [6.45, 7) is 2.81. The molecule has 1 nitrogen and oxygen atoms in total. The number of benzene rings is 1. The molecule has 1 atom stereocenters. The van der Waals surface area contributed by atoms with Crippen LogP contribution in [0.1, 0.15) is 12.5 Å². The van der Waals surface area contributed by atoms with E-state index >= 15 is 0 Å². The van der Waals surface area contributed by atoms with Crippen molar-refractivity contribution in [3.05, 3.63) is 28.0 Å². The summed E-state index contributed by atoms with van der Waals surface area (Å²) in [4.78, 5) is 0. The Bertz CT molecular complexity index is 338. The van der Waals surface area contributed by atoms with Crippen LogP contribution < -0.4 is 4.74 Å². The minimum atomic E-state index is -0.256. The molecule has 1 aromatic rings. The van der Waals surface area contributed by atoms with E-state index in [4.69, 9.17) is 4.74 Å². The molecule has 0 saturated heterocycles. The molecule has 1 aliphatic heterocycles. The molecule has 0 fully saturated rings. The van der Waals surface area contributed by atoms with Crippen LogP contribution in [0.4, 0.5) is 4.39 Å². The van der Waals surface area contributed by atoms with Crippen molar-refractivity contribution in [2.75, 3.05) is 6.61 Å². The van der Waals surface area contributed by atoms with Crippen molar-refractivity contribution in [2.24, 2.45) is 5.92 Å². The number of ether oxygens (including phenoxy) is 1. The lowest BCUT2D eigenvalue weighted by Crippen LogP contribution is -2.18. The first-order chi connectivity index (χ1) is 6.16. The molecule has 0 amide bonds. The summed E-state index contributed by atoms with van der Waals surface area (Å²) in [5.41, 5.74) is 1.09. The van der Waals surface area contributed by atoms with Crippen LogP contribution in [0.5, 0.6) is 5.75 Å². The van der Waals surface area contributed by atoms with Gasteiger partial charge in [-0.2, -0.15) is 0 Å². The van der Waals surface area contributed by atoms with Gasteiger partial charge in [0.2, 0.25) is 0 Å². The van der Waals surface area contributed by atoms with E-state index in [0.29, 0.717) is 22.7 Å². The summed E-state index contributed by atoms with van der Waals surface area (Å²) in [5.74, 6) is 0.956. The Morgan fingerprint density at radius 3 is 3.08 bits per heavy atom. The molecule has 0 saturated carbocycles. The van der Waals surface area contributed by atoms with Gasteiger partial charge in [0.05, 0.1) is 11.1 Å². The normalized spacial score (nSPS) is 20.7. The zero-order valence-corrected chi connectivity index (χ0v) is 8.90. The van der Waals surface area contributed by atoms with E-state index in [1.807, 2.05) is 0 Å². The number of hydrogen-bond acceptors (Lipinski definition) is 1. The average molecular weight is 245 g/mol. The lowest BCUT2D eigenvalue weighted by atomic mass is 9.98. The van der Waals surface area contributed by atoms with Gasteiger partial charge in [-0.25, -0.2) is 4.39 Å². The summed E-state index contributed by atoms with van der Waals surface area (Å²) in [6.07, 6.45) is 0.966. The summed E-state index contributed by atoms with van der Waals surface area (Å²) >= 11 is 3.16. The quantitative estimate of drug-likeness (QED) is 0.682. The molecule has 0 N–H and O–H groups in total. The third-order valence-electron chi connectivity index (χ3n) is 2.20. The second-order valence-corrected chi connectivity index (χ2v) is 4.35. The summed E-state index contributed by atoms with van der Waals surface area (Å²) in [7, 11) is 0. The van der Waals surface area contributed by atoms with Crippen molar-refractivity contribution < 1.29 is 9.13 Å². The number of rotatable bonds is 0. The number of fused-ring (bicyclic) bond motifs is 1. The Kier molecular flexibility index (Phi) is 2.28. The molecule has 2 rings (SSSR count). The van der Waals surface area contributed by atoms with Crippen LogP contribution in [0.2, 0.25) is 0 Å². The molecule has 0 aliphatic carbocycles. The van der Waals surface area contributed by atoms with Gasteiger partial charge >= 0.3 is 0 Å². The van der Waals surface area contributed by atoms with Gasteiger partial charge in [0.15, 0.2) is 0 Å². The molecule has 3 heteroatoms. The Morgan fingerprint density at radius 2 is 2.31 bits per heavy atom. The highest BCUT2D eigenvalue weighted by Crippen LogP contribution is 2.31. The van der Waals surface area contributed by atoms with Crippen molar-refractivity contribution in [1.82, 2.24) is 0 Å². The van der Waals surface area contributed by atoms with E-state index in [0.717, 1.165) is 12.0 Å². The lowest BCUT2D eigenvalue weighted by Gasteiger charge is -2.22. The van der Waals surface area contributed by atoms with E-state index in [-0.39, 0.29) is 5.82 Å². The van der Waals surface area contributed by atoms with Crippen LogP contribution in [0.25, 0.3) is 0 Å². The third-order valence-corrected chi connectivity index (χ3v) is 2.80. The molecular weight excluding hydrogens is 235 g/mol. The third kappa shape index (κ3) is 1.70. The van der Waals surface area contributed by atoms with Crippen LogP contribution in [-0.4, -0.2) is 6.61 Å². The number of halogens is 2. The van der Waals surface area contributed by atoms with Crippen LogP contribution in [0.15, 0.2) is 16.6 Å². The lowest BCUT2D eigenvalue weighted by molar-refractivity contribution is 0.232. The van der Waals surface area contributed by atoms with E-state index in [9.17, 15) is 4.39 Å². The monoisotopic (exact) mass is 244 g/mol. The van der Waals surface area contributed by atoms with Gasteiger partial charge in [-0.1, -0.05) is 6.92 Å². The smallest absolute Gasteiger partial charge is 0.141 e. The fourth-order valence-electron chi connectivity index (χ4n) is 1.53. The van der Waals surface area contributed by atoms with Gasteiger partial charge in [-0.15, -0.1) is 0 Å². The summed E-state index contributed by atoms with van der Waals surface area (Å²) in [5, 5.41) is 0. The van der Waals surface area contributed by atoms with Gasteiger partial charge in [0.25, 0.3) is 0 Å². The topological polar surface area (TPSA) is 9.23 Å². The standard InChI is InChI=1S/C10H10BrFO/c1-6-2-7-3-8(11)9(12)4-10(7)13-5-6/h3-4,6H,2,5H2,1H3. The fourth-order valence-corrected chi connectivity index (χ4v) is 1.92. The minimum Gasteiger partial charge on any atom is -0.493 e. The minimum absolute atomic E-state index is 0.256. The average Bonchev–Trinajstić information content (AvgIpc) is 2.08. The van der Waals surface area contributed by atoms with Crippen LogP contribution in [0, 0.1) is 11.7 Å². The number of hydrogen-bond donors (Lipinski definition) is 0. The largest absolute Gasteiger partial charge is 0.493 e. The highest BCUT2D eigenvalue weighted by atomic mass is 79.9. The van der Waals surface area contributed by atoms with Crippen molar-refractivity contribution in [3.63, 3.8) is 0 Å². The van der Waals surface area contributed by atoms with E-state index in [2.05, 4.69) is 22.9 Å². The summed E-state index contributed by atoms with van der Waals surface area (Å²) < 4.78 is 19.0. The van der Waals surface area contributed by atoms with Crippen molar-refractivity contribution in [1.29, 1.82) is 0 Å². The highest BCUT2D eigenvalue weighted by molar-refractivity contribution is 9.10. The maximum Gasteiger partial charge on any atom is 0.141 e. The molecule has 1 unspecified atom stereocenters. The molecule has 13 heavy (non-hydrogen) atoms. The van der Waals surface area contributed by atoms with Crippen molar-refractivity contribution in [2.45, 2.75) is 13.3 Å². The van der Waals surface area contributed by atoms with Gasteiger partial charge in [0.1, 0.15) is 11.6 Å². The Labute approximate surface area is 85.0 Å². The van der Waals surface area contributed by atoms with Crippen LogP contribution in [-0.2, 0) is 6.42 Å². The first kappa shape index (κ1) is 9.00.